The van der Waals surface area contributed by atoms with Gasteiger partial charge in [-0.25, -0.2) is 0 Å². The van der Waals surface area contributed by atoms with Gasteiger partial charge in [0.2, 0.25) is 5.91 Å². The fraction of sp³-hybridized carbons (Fsp3) is 0.364. The number of rotatable bonds is 4. The van der Waals surface area contributed by atoms with Crippen molar-refractivity contribution in [3.8, 4) is 0 Å². The van der Waals surface area contributed by atoms with Gasteiger partial charge in [-0.1, -0.05) is 37.6 Å². The van der Waals surface area contributed by atoms with Crippen LogP contribution in [-0.2, 0) is 11.3 Å². The highest BCUT2D eigenvalue weighted by Gasteiger charge is 2.25. The largest absolute Gasteiger partial charge is 0.315 e. The summed E-state index contributed by atoms with van der Waals surface area (Å²) in [5.74, 6) is -0.289. The van der Waals surface area contributed by atoms with E-state index < -0.39 is 10.9 Å². The summed E-state index contributed by atoms with van der Waals surface area (Å²) in [5, 5.41) is 0.991. The van der Waals surface area contributed by atoms with E-state index in [0.717, 1.165) is 22.2 Å². The first-order valence-electron chi connectivity index (χ1n) is 9.46. The van der Waals surface area contributed by atoms with Gasteiger partial charge in [-0.3, -0.25) is 9.59 Å². The lowest BCUT2D eigenvalue weighted by molar-refractivity contribution is -0.119. The van der Waals surface area contributed by atoms with Crippen molar-refractivity contribution in [3.63, 3.8) is 0 Å². The van der Waals surface area contributed by atoms with Crippen LogP contribution in [0.4, 0.5) is 5.69 Å². The maximum absolute atomic E-state index is 12.9. The third-order valence-corrected chi connectivity index (χ3v) is 5.44. The van der Waals surface area contributed by atoms with E-state index in [1.54, 1.807) is 46.9 Å². The van der Waals surface area contributed by atoms with Crippen molar-refractivity contribution < 1.29 is 4.79 Å². The minimum absolute atomic E-state index is 0.000275. The summed E-state index contributed by atoms with van der Waals surface area (Å²) in [6.07, 6.45) is 6.70. The number of benzene rings is 1. The molecule has 2 N–H and O–H groups in total. The number of aromatic nitrogens is 1. The summed E-state index contributed by atoms with van der Waals surface area (Å²) in [4.78, 5) is 26.0. The third-order valence-electron chi connectivity index (χ3n) is 5.19. The maximum atomic E-state index is 12.9. The Bertz CT molecular complexity index is 1020. The molecule has 0 fully saturated rings. The number of amides is 1. The molecule has 3 rings (SSSR count). The highest BCUT2D eigenvalue weighted by molar-refractivity contribution is 6.26. The summed E-state index contributed by atoms with van der Waals surface area (Å²) in [5.41, 5.74) is 8.46. The Morgan fingerprint density at radius 3 is 2.50 bits per heavy atom. The molecular weight excluding hydrogens is 374 g/mol. The van der Waals surface area contributed by atoms with Crippen LogP contribution >= 0.6 is 11.6 Å². The van der Waals surface area contributed by atoms with Crippen LogP contribution in [0.2, 0.25) is 0 Å². The molecule has 0 spiro atoms. The van der Waals surface area contributed by atoms with Gasteiger partial charge in [0.25, 0.3) is 5.56 Å². The van der Waals surface area contributed by atoms with E-state index >= 15 is 0 Å². The van der Waals surface area contributed by atoms with E-state index in [1.807, 2.05) is 25.1 Å². The number of pyridine rings is 1. The van der Waals surface area contributed by atoms with Crippen molar-refractivity contribution in [2.24, 2.45) is 11.7 Å². The molecular formula is C22H26ClN3O2. The van der Waals surface area contributed by atoms with Gasteiger partial charge in [-0.05, 0) is 48.8 Å². The molecule has 0 radical (unpaired) electrons. The minimum atomic E-state index is -1.03. The number of halogens is 1. The van der Waals surface area contributed by atoms with Crippen molar-refractivity contribution in [2.75, 3.05) is 11.9 Å². The van der Waals surface area contributed by atoms with Crippen LogP contribution in [0.3, 0.4) is 0 Å². The van der Waals surface area contributed by atoms with Crippen LogP contribution in [0, 0.1) is 5.92 Å². The van der Waals surface area contributed by atoms with Gasteiger partial charge in [-0.2, -0.15) is 0 Å². The zero-order valence-corrected chi connectivity index (χ0v) is 17.4. The van der Waals surface area contributed by atoms with E-state index in [0.29, 0.717) is 6.54 Å². The van der Waals surface area contributed by atoms with E-state index in [2.05, 4.69) is 13.8 Å². The second-order valence-electron chi connectivity index (χ2n) is 7.51. The highest BCUT2D eigenvalue weighted by atomic mass is 35.5. The van der Waals surface area contributed by atoms with E-state index in [9.17, 15) is 9.59 Å². The summed E-state index contributed by atoms with van der Waals surface area (Å²) in [7, 11) is 1.75. The number of nitrogens with two attached hydrogens (primary N) is 1. The monoisotopic (exact) mass is 399 g/mol. The maximum Gasteiger partial charge on any atom is 0.251 e. The SMILES string of the molecule is CCn1c(=O)cc(C(C)C)c2cc(N(C)C(=O)C3C=CC(N)(Cl)C=C3)ccc21. The Hall–Kier alpha value is -2.37. The first kappa shape index (κ1) is 20.4. The molecule has 1 heterocycles. The minimum Gasteiger partial charge on any atom is -0.315 e. The number of nitrogens with zero attached hydrogens (tertiary/aromatic N) is 2. The normalized spacial score (nSPS) is 21.5. The van der Waals surface area contributed by atoms with Gasteiger partial charge in [0.15, 0.2) is 0 Å². The zero-order valence-electron chi connectivity index (χ0n) is 16.6. The van der Waals surface area contributed by atoms with Crippen molar-refractivity contribution >= 4 is 34.1 Å². The molecule has 5 nitrogen and oxygen atoms in total. The Morgan fingerprint density at radius 2 is 1.93 bits per heavy atom. The second kappa shape index (κ2) is 7.57. The Labute approximate surface area is 170 Å². The lowest BCUT2D eigenvalue weighted by Crippen LogP contribution is -2.35. The molecule has 6 heteroatoms. The molecule has 1 amide bonds. The molecule has 0 bridgehead atoms. The molecule has 1 aliphatic rings. The van der Waals surface area contributed by atoms with E-state index in [4.69, 9.17) is 17.3 Å². The van der Waals surface area contributed by atoms with E-state index in [1.165, 1.54) is 0 Å². The Kier molecular flexibility index (Phi) is 5.50. The summed E-state index contributed by atoms with van der Waals surface area (Å²) in [6.45, 7) is 6.68. The van der Waals surface area contributed by atoms with Crippen LogP contribution in [0.25, 0.3) is 10.9 Å². The first-order chi connectivity index (χ1) is 13.1. The van der Waals surface area contributed by atoms with Crippen molar-refractivity contribution in [3.05, 3.63) is 64.5 Å². The average molecular weight is 400 g/mol. The fourth-order valence-corrected chi connectivity index (χ4v) is 3.69. The predicted molar refractivity (Wildman–Crippen MR) is 116 cm³/mol. The Morgan fingerprint density at radius 1 is 1.29 bits per heavy atom. The molecule has 0 atom stereocenters. The molecule has 0 saturated heterocycles. The number of aryl methyl sites for hydroxylation is 1. The van der Waals surface area contributed by atoms with Gasteiger partial charge in [0.1, 0.15) is 5.00 Å². The molecule has 1 aromatic carbocycles. The van der Waals surface area contributed by atoms with Crippen LogP contribution < -0.4 is 16.2 Å². The molecule has 1 aliphatic carbocycles. The van der Waals surface area contributed by atoms with Gasteiger partial charge in [0.05, 0.1) is 11.4 Å². The number of fused-ring (bicyclic) bond motifs is 1. The molecule has 28 heavy (non-hydrogen) atoms. The summed E-state index contributed by atoms with van der Waals surface area (Å²) < 4.78 is 1.75. The number of hydrogen-bond donors (Lipinski definition) is 1. The summed E-state index contributed by atoms with van der Waals surface area (Å²) in [6, 6.07) is 7.48. The second-order valence-corrected chi connectivity index (χ2v) is 8.16. The third kappa shape index (κ3) is 3.77. The van der Waals surface area contributed by atoms with Gasteiger partial charge in [-0.15, -0.1) is 0 Å². The van der Waals surface area contributed by atoms with Crippen LogP contribution in [0.5, 0.6) is 0 Å². The average Bonchev–Trinajstić information content (AvgIpc) is 2.65. The molecule has 0 unspecified atom stereocenters. The quantitative estimate of drug-likeness (QED) is 0.483. The van der Waals surface area contributed by atoms with Crippen molar-refractivity contribution in [1.29, 1.82) is 0 Å². The predicted octanol–water partition coefficient (Wildman–Crippen LogP) is 3.74. The zero-order chi connectivity index (χ0) is 20.6. The van der Waals surface area contributed by atoms with Crippen molar-refractivity contribution in [1.82, 2.24) is 4.57 Å². The standard InChI is InChI=1S/C22H26ClN3O2/c1-5-26-19-7-6-16(12-18(19)17(14(2)3)13-20(26)27)25(4)21(28)15-8-10-22(23,24)11-9-15/h6-15H,5,24H2,1-4H3. The first-order valence-corrected chi connectivity index (χ1v) is 9.84. The number of hydrogen-bond acceptors (Lipinski definition) is 3. The molecule has 148 valence electrons. The van der Waals surface area contributed by atoms with Crippen molar-refractivity contribution in [2.45, 2.75) is 38.2 Å². The molecule has 0 aliphatic heterocycles. The van der Waals surface area contributed by atoms with Crippen LogP contribution in [0.15, 0.2) is 53.4 Å². The number of carbonyl (C=O) groups excluding carboxylic acids is 1. The topological polar surface area (TPSA) is 68.3 Å². The fourth-order valence-electron chi connectivity index (χ4n) is 3.55. The molecule has 0 saturated carbocycles. The van der Waals surface area contributed by atoms with E-state index in [-0.39, 0.29) is 17.4 Å². The van der Waals surface area contributed by atoms with Gasteiger partial charge >= 0.3 is 0 Å². The number of anilines is 1. The highest BCUT2D eigenvalue weighted by Crippen LogP contribution is 2.29. The number of carbonyl (C=O) groups is 1. The van der Waals surface area contributed by atoms with Crippen LogP contribution in [-0.4, -0.2) is 22.5 Å². The lowest BCUT2D eigenvalue weighted by Gasteiger charge is -2.25. The molecule has 2 aromatic rings. The lowest BCUT2D eigenvalue weighted by atomic mass is 9.97. The Balaban J connectivity index is 2.03. The van der Waals surface area contributed by atoms with Crippen LogP contribution in [0.1, 0.15) is 32.3 Å². The molecule has 1 aromatic heterocycles. The summed E-state index contributed by atoms with van der Waals surface area (Å²) >= 11 is 6.04. The van der Waals surface area contributed by atoms with Gasteiger partial charge in [0, 0.05) is 30.7 Å². The van der Waals surface area contributed by atoms with Gasteiger partial charge < -0.3 is 15.2 Å². The smallest absolute Gasteiger partial charge is 0.251 e. The number of alkyl halides is 1.